The fourth-order valence-corrected chi connectivity index (χ4v) is 0.900. The minimum atomic E-state index is 0.472. The molecule has 0 saturated heterocycles. The third-order valence-electron chi connectivity index (χ3n) is 1.42. The maximum Gasteiger partial charge on any atom is 0.0273 e. The van der Waals surface area contributed by atoms with E-state index in [0.717, 1.165) is 6.42 Å². The molecular formula is C7H11NO. The number of hydrogen-bond donors (Lipinski definition) is 2. The number of nitrogens with one attached hydrogen (secondary N) is 1. The largest absolute Gasteiger partial charge is 0.317 e. The maximum atomic E-state index is 8.31. The Hall–Kier alpha value is -0.600. The molecule has 1 atom stereocenters. The molecule has 2 nitrogen and oxygen atoms in total. The molecule has 1 unspecified atom stereocenters. The molecule has 0 fully saturated rings. The zero-order valence-electron chi connectivity index (χ0n) is 5.25. The molecule has 2 heteroatoms. The molecule has 0 aromatic heterocycles. The summed E-state index contributed by atoms with van der Waals surface area (Å²) < 4.78 is 0. The Morgan fingerprint density at radius 2 is 2.44 bits per heavy atom. The number of allylic oxidation sites excluding steroid dienone is 3. The highest BCUT2D eigenvalue weighted by atomic mass is 16.5. The van der Waals surface area contributed by atoms with Gasteiger partial charge in [-0.15, -0.1) is 0 Å². The van der Waals surface area contributed by atoms with Gasteiger partial charge in [-0.25, -0.2) is 5.48 Å². The van der Waals surface area contributed by atoms with Crippen LogP contribution in [0.25, 0.3) is 0 Å². The first-order valence-corrected chi connectivity index (χ1v) is 3.14. The molecule has 2 N–H and O–H groups in total. The molecule has 0 radical (unpaired) electrons. The second-order valence-electron chi connectivity index (χ2n) is 2.17. The predicted molar refractivity (Wildman–Crippen MR) is 36.2 cm³/mol. The van der Waals surface area contributed by atoms with Gasteiger partial charge in [0.25, 0.3) is 0 Å². The molecule has 0 amide bonds. The summed E-state index contributed by atoms with van der Waals surface area (Å²) in [6.07, 6.45) is 9.24. The van der Waals surface area contributed by atoms with Gasteiger partial charge in [-0.05, 0) is 12.3 Å². The van der Waals surface area contributed by atoms with Gasteiger partial charge in [-0.2, -0.15) is 0 Å². The molecule has 50 valence electrons. The first-order chi connectivity index (χ1) is 4.43. The van der Waals surface area contributed by atoms with Crippen molar-refractivity contribution in [3.63, 3.8) is 0 Å². The Balaban J connectivity index is 2.28. The summed E-state index contributed by atoms with van der Waals surface area (Å²) >= 11 is 0. The van der Waals surface area contributed by atoms with Crippen LogP contribution < -0.4 is 5.48 Å². The topological polar surface area (TPSA) is 32.3 Å². The van der Waals surface area contributed by atoms with Crippen LogP contribution in [0.5, 0.6) is 0 Å². The summed E-state index contributed by atoms with van der Waals surface area (Å²) in [6.45, 7) is 0.654. The predicted octanol–water partition coefficient (Wildman–Crippen LogP) is 1.10. The lowest BCUT2D eigenvalue weighted by Crippen LogP contribution is -2.17. The summed E-state index contributed by atoms with van der Waals surface area (Å²) in [5.41, 5.74) is 2.15. The summed E-state index contributed by atoms with van der Waals surface area (Å²) in [5, 5.41) is 8.31. The third kappa shape index (κ3) is 2.00. The molecule has 0 aliphatic heterocycles. The molecule has 0 spiro atoms. The summed E-state index contributed by atoms with van der Waals surface area (Å²) in [4.78, 5) is 0. The summed E-state index contributed by atoms with van der Waals surface area (Å²) in [6, 6.07) is 0. The van der Waals surface area contributed by atoms with Crippen LogP contribution >= 0.6 is 0 Å². The molecule has 1 aliphatic rings. The Morgan fingerprint density at radius 1 is 1.56 bits per heavy atom. The molecule has 9 heavy (non-hydrogen) atoms. The highest BCUT2D eigenvalue weighted by Gasteiger charge is 2.01. The van der Waals surface area contributed by atoms with Crippen molar-refractivity contribution in [1.82, 2.24) is 5.48 Å². The molecular weight excluding hydrogens is 114 g/mol. The molecule has 0 saturated carbocycles. The van der Waals surface area contributed by atoms with Gasteiger partial charge < -0.3 is 5.21 Å². The maximum absolute atomic E-state index is 8.31. The van der Waals surface area contributed by atoms with Crippen molar-refractivity contribution in [2.24, 2.45) is 5.92 Å². The van der Waals surface area contributed by atoms with Gasteiger partial charge in [-0.1, -0.05) is 24.3 Å². The highest BCUT2D eigenvalue weighted by Crippen LogP contribution is 2.08. The van der Waals surface area contributed by atoms with Gasteiger partial charge in [0.05, 0.1) is 0 Å². The second kappa shape index (κ2) is 3.43. The van der Waals surface area contributed by atoms with Crippen LogP contribution in [0.2, 0.25) is 0 Å². The highest BCUT2D eigenvalue weighted by molar-refractivity contribution is 5.10. The van der Waals surface area contributed by atoms with E-state index in [1.54, 1.807) is 0 Å². The fraction of sp³-hybridized carbons (Fsp3) is 0.429. The van der Waals surface area contributed by atoms with Crippen LogP contribution in [-0.2, 0) is 0 Å². The van der Waals surface area contributed by atoms with Gasteiger partial charge in [0, 0.05) is 6.54 Å². The van der Waals surface area contributed by atoms with E-state index in [-0.39, 0.29) is 0 Å². The van der Waals surface area contributed by atoms with Crippen LogP contribution in [0.15, 0.2) is 24.3 Å². The van der Waals surface area contributed by atoms with Gasteiger partial charge in [0.15, 0.2) is 0 Å². The average molecular weight is 125 g/mol. The van der Waals surface area contributed by atoms with E-state index >= 15 is 0 Å². The van der Waals surface area contributed by atoms with Crippen molar-refractivity contribution in [2.45, 2.75) is 6.42 Å². The van der Waals surface area contributed by atoms with E-state index in [2.05, 4.69) is 17.6 Å². The van der Waals surface area contributed by atoms with Crippen LogP contribution in [0.4, 0.5) is 0 Å². The van der Waals surface area contributed by atoms with Crippen molar-refractivity contribution in [3.05, 3.63) is 24.3 Å². The van der Waals surface area contributed by atoms with E-state index in [9.17, 15) is 0 Å². The van der Waals surface area contributed by atoms with Crippen LogP contribution in [-0.4, -0.2) is 11.8 Å². The fourth-order valence-electron chi connectivity index (χ4n) is 0.900. The van der Waals surface area contributed by atoms with E-state index in [1.165, 1.54) is 0 Å². The molecule has 0 aromatic carbocycles. The van der Waals surface area contributed by atoms with Crippen molar-refractivity contribution in [1.29, 1.82) is 0 Å². The third-order valence-corrected chi connectivity index (χ3v) is 1.42. The summed E-state index contributed by atoms with van der Waals surface area (Å²) in [5.74, 6) is 0.472. The molecule has 0 aromatic rings. The van der Waals surface area contributed by atoms with Gasteiger partial charge in [-0.3, -0.25) is 0 Å². The van der Waals surface area contributed by atoms with Crippen molar-refractivity contribution in [2.75, 3.05) is 6.54 Å². The Bertz CT molecular complexity index is 129. The number of hydrogen-bond acceptors (Lipinski definition) is 2. The van der Waals surface area contributed by atoms with E-state index in [4.69, 9.17) is 5.21 Å². The lowest BCUT2D eigenvalue weighted by molar-refractivity contribution is 0.156. The van der Waals surface area contributed by atoms with E-state index in [0.29, 0.717) is 12.5 Å². The monoisotopic (exact) mass is 125 g/mol. The SMILES string of the molecule is ONCC1C=CC=CC1. The minimum absolute atomic E-state index is 0.472. The van der Waals surface area contributed by atoms with Crippen LogP contribution in [0.3, 0.4) is 0 Å². The lowest BCUT2D eigenvalue weighted by Gasteiger charge is -2.09. The van der Waals surface area contributed by atoms with Crippen molar-refractivity contribution < 1.29 is 5.21 Å². The smallest absolute Gasteiger partial charge is 0.0273 e. The Kier molecular flexibility index (Phi) is 2.48. The number of hydroxylamine groups is 1. The normalized spacial score (nSPS) is 24.8. The van der Waals surface area contributed by atoms with Crippen LogP contribution in [0.1, 0.15) is 6.42 Å². The van der Waals surface area contributed by atoms with Gasteiger partial charge in [0.2, 0.25) is 0 Å². The molecule has 0 heterocycles. The molecule has 1 rings (SSSR count). The standard InChI is InChI=1S/C7H11NO/c9-8-6-7-4-2-1-3-5-7/h1-4,7-9H,5-6H2. The zero-order valence-corrected chi connectivity index (χ0v) is 5.25. The van der Waals surface area contributed by atoms with Crippen molar-refractivity contribution >= 4 is 0 Å². The van der Waals surface area contributed by atoms with E-state index < -0.39 is 0 Å². The van der Waals surface area contributed by atoms with Crippen LogP contribution in [0, 0.1) is 5.92 Å². The Labute approximate surface area is 54.8 Å². The zero-order chi connectivity index (χ0) is 6.53. The van der Waals surface area contributed by atoms with Gasteiger partial charge >= 0.3 is 0 Å². The quantitative estimate of drug-likeness (QED) is 0.541. The first kappa shape index (κ1) is 6.52. The minimum Gasteiger partial charge on any atom is -0.317 e. The lowest BCUT2D eigenvalue weighted by atomic mass is 10.0. The van der Waals surface area contributed by atoms with Gasteiger partial charge in [0.1, 0.15) is 0 Å². The number of rotatable bonds is 2. The first-order valence-electron chi connectivity index (χ1n) is 3.14. The molecule has 0 bridgehead atoms. The van der Waals surface area contributed by atoms with Crippen molar-refractivity contribution in [3.8, 4) is 0 Å². The van der Waals surface area contributed by atoms with E-state index in [1.807, 2.05) is 12.2 Å². The molecule has 1 aliphatic carbocycles. The second-order valence-corrected chi connectivity index (χ2v) is 2.17. The Morgan fingerprint density at radius 3 is 3.00 bits per heavy atom. The summed E-state index contributed by atoms with van der Waals surface area (Å²) in [7, 11) is 0. The average Bonchev–Trinajstić information content (AvgIpc) is 1.91.